The molecule has 0 aliphatic carbocycles. The Labute approximate surface area is 83.8 Å². The van der Waals surface area contributed by atoms with Gasteiger partial charge < -0.3 is 0 Å². The number of pyridine rings is 1. The number of Topliss-reactive ketones (excluding diaryl/α,β-unsaturated/α-hetero) is 1. The maximum absolute atomic E-state index is 11.4. The Morgan fingerprint density at radius 3 is 2.69 bits per heavy atom. The van der Waals surface area contributed by atoms with Gasteiger partial charge in [-0.15, -0.1) is 0 Å². The third-order valence-corrected chi connectivity index (χ3v) is 1.86. The smallest absolute Gasteiger partial charge is 0.138 e. The molecule has 0 aliphatic heterocycles. The fraction of sp³-hybridized carbons (Fsp3) is 0.400. The van der Waals surface area contributed by atoms with E-state index in [4.69, 9.17) is 0 Å². The van der Waals surface area contributed by atoms with Crippen LogP contribution in [0.4, 0.5) is 0 Å². The number of carbonyl (C=O) groups excluding carboxylic acids is 1. The standard InChI is InChI=1S/C10H13NOS/c1-8(13)6-10(12)7-9-2-4-11-5-3-9/h2-5,8,13H,6-7H2,1H3. The molecule has 3 heteroatoms. The Kier molecular flexibility index (Phi) is 3.96. The van der Waals surface area contributed by atoms with Crippen LogP contribution >= 0.6 is 12.6 Å². The highest BCUT2D eigenvalue weighted by atomic mass is 32.1. The zero-order valence-corrected chi connectivity index (χ0v) is 8.50. The molecule has 13 heavy (non-hydrogen) atoms. The summed E-state index contributed by atoms with van der Waals surface area (Å²) in [5, 5.41) is 0.148. The molecule has 0 saturated heterocycles. The maximum atomic E-state index is 11.4. The number of nitrogens with zero attached hydrogens (tertiary/aromatic N) is 1. The number of rotatable bonds is 4. The summed E-state index contributed by atoms with van der Waals surface area (Å²) in [6, 6.07) is 3.72. The molecular formula is C10H13NOS. The zero-order chi connectivity index (χ0) is 9.68. The molecule has 1 atom stereocenters. The predicted molar refractivity (Wildman–Crippen MR) is 56.0 cm³/mol. The van der Waals surface area contributed by atoms with E-state index in [1.807, 2.05) is 19.1 Å². The number of aromatic nitrogens is 1. The minimum absolute atomic E-state index is 0.148. The van der Waals surface area contributed by atoms with Gasteiger partial charge in [0.2, 0.25) is 0 Å². The predicted octanol–water partition coefficient (Wildman–Crippen LogP) is 1.90. The average molecular weight is 195 g/mol. The Bertz CT molecular complexity index is 272. The molecule has 0 amide bonds. The van der Waals surface area contributed by atoms with Gasteiger partial charge in [0.05, 0.1) is 0 Å². The maximum Gasteiger partial charge on any atom is 0.138 e. The fourth-order valence-corrected chi connectivity index (χ4v) is 1.33. The van der Waals surface area contributed by atoms with E-state index in [-0.39, 0.29) is 11.0 Å². The molecule has 2 nitrogen and oxygen atoms in total. The summed E-state index contributed by atoms with van der Waals surface area (Å²) in [5.74, 6) is 0.230. The van der Waals surface area contributed by atoms with Crippen LogP contribution in [0.15, 0.2) is 24.5 Å². The number of hydrogen-bond acceptors (Lipinski definition) is 3. The molecule has 0 N–H and O–H groups in total. The lowest BCUT2D eigenvalue weighted by Gasteiger charge is -2.02. The number of thiol groups is 1. The van der Waals surface area contributed by atoms with Gasteiger partial charge in [0, 0.05) is 30.5 Å². The van der Waals surface area contributed by atoms with Crippen molar-refractivity contribution in [3.63, 3.8) is 0 Å². The third kappa shape index (κ3) is 4.08. The van der Waals surface area contributed by atoms with Gasteiger partial charge in [-0.1, -0.05) is 6.92 Å². The molecule has 0 saturated carbocycles. The lowest BCUT2D eigenvalue weighted by molar-refractivity contribution is -0.118. The second kappa shape index (κ2) is 5.02. The van der Waals surface area contributed by atoms with Crippen LogP contribution in [-0.2, 0) is 11.2 Å². The zero-order valence-electron chi connectivity index (χ0n) is 7.60. The van der Waals surface area contributed by atoms with Gasteiger partial charge in [-0.25, -0.2) is 0 Å². The first-order valence-electron chi connectivity index (χ1n) is 4.27. The first-order valence-corrected chi connectivity index (χ1v) is 4.79. The molecule has 0 spiro atoms. The van der Waals surface area contributed by atoms with Crippen LogP contribution in [0.5, 0.6) is 0 Å². The molecule has 1 rings (SSSR count). The van der Waals surface area contributed by atoms with Crippen LogP contribution in [-0.4, -0.2) is 16.0 Å². The Morgan fingerprint density at radius 1 is 1.54 bits per heavy atom. The second-order valence-electron chi connectivity index (χ2n) is 3.12. The SMILES string of the molecule is CC(S)CC(=O)Cc1ccncc1. The molecule has 0 radical (unpaired) electrons. The van der Waals surface area contributed by atoms with Crippen molar-refractivity contribution in [3.8, 4) is 0 Å². The highest BCUT2D eigenvalue weighted by Gasteiger charge is 2.05. The van der Waals surface area contributed by atoms with Crippen molar-refractivity contribution in [1.82, 2.24) is 4.98 Å². The first kappa shape index (κ1) is 10.3. The summed E-state index contributed by atoms with van der Waals surface area (Å²) in [6.07, 6.45) is 4.43. The molecule has 1 unspecified atom stereocenters. The number of carbonyl (C=O) groups is 1. The van der Waals surface area contributed by atoms with Crippen LogP contribution in [0.2, 0.25) is 0 Å². The number of hydrogen-bond donors (Lipinski definition) is 1. The third-order valence-electron chi connectivity index (χ3n) is 1.67. The minimum atomic E-state index is 0.148. The monoisotopic (exact) mass is 195 g/mol. The molecule has 1 heterocycles. The Hall–Kier alpha value is -0.830. The van der Waals surface area contributed by atoms with Crippen molar-refractivity contribution >= 4 is 18.4 Å². The lowest BCUT2D eigenvalue weighted by atomic mass is 10.1. The summed E-state index contributed by atoms with van der Waals surface area (Å²) in [7, 11) is 0. The lowest BCUT2D eigenvalue weighted by Crippen LogP contribution is -2.07. The molecule has 1 aromatic heterocycles. The summed E-state index contributed by atoms with van der Waals surface area (Å²) in [5.41, 5.74) is 1.02. The molecule has 0 aromatic carbocycles. The highest BCUT2D eigenvalue weighted by Crippen LogP contribution is 2.05. The van der Waals surface area contributed by atoms with Crippen molar-refractivity contribution < 1.29 is 4.79 Å². The van der Waals surface area contributed by atoms with Crippen LogP contribution in [0, 0.1) is 0 Å². The summed E-state index contributed by atoms with van der Waals surface area (Å²) < 4.78 is 0. The van der Waals surface area contributed by atoms with Crippen molar-refractivity contribution in [2.75, 3.05) is 0 Å². The molecule has 1 aromatic rings. The summed E-state index contributed by atoms with van der Waals surface area (Å²) in [4.78, 5) is 15.2. The molecule has 0 aliphatic rings. The fourth-order valence-electron chi connectivity index (χ4n) is 1.13. The summed E-state index contributed by atoms with van der Waals surface area (Å²) in [6.45, 7) is 1.92. The van der Waals surface area contributed by atoms with E-state index >= 15 is 0 Å². The van der Waals surface area contributed by atoms with E-state index in [2.05, 4.69) is 17.6 Å². The molecule has 70 valence electrons. The topological polar surface area (TPSA) is 30.0 Å². The van der Waals surface area contributed by atoms with Gasteiger partial charge in [-0.3, -0.25) is 9.78 Å². The van der Waals surface area contributed by atoms with Crippen molar-refractivity contribution in [2.45, 2.75) is 25.0 Å². The van der Waals surface area contributed by atoms with E-state index in [9.17, 15) is 4.79 Å². The summed E-state index contributed by atoms with van der Waals surface area (Å²) >= 11 is 4.17. The second-order valence-corrected chi connectivity index (χ2v) is 4.01. The molecular weight excluding hydrogens is 182 g/mol. The van der Waals surface area contributed by atoms with Crippen LogP contribution in [0.1, 0.15) is 18.9 Å². The first-order chi connectivity index (χ1) is 6.18. The van der Waals surface area contributed by atoms with Crippen LogP contribution in [0.25, 0.3) is 0 Å². The van der Waals surface area contributed by atoms with E-state index in [0.29, 0.717) is 12.8 Å². The normalized spacial score (nSPS) is 12.5. The minimum Gasteiger partial charge on any atom is -0.299 e. The quantitative estimate of drug-likeness (QED) is 0.744. The van der Waals surface area contributed by atoms with Gasteiger partial charge in [0.1, 0.15) is 5.78 Å². The van der Waals surface area contributed by atoms with Crippen LogP contribution < -0.4 is 0 Å². The van der Waals surface area contributed by atoms with E-state index < -0.39 is 0 Å². The Morgan fingerprint density at radius 2 is 2.15 bits per heavy atom. The van der Waals surface area contributed by atoms with Gasteiger partial charge in [-0.2, -0.15) is 12.6 Å². The van der Waals surface area contributed by atoms with Crippen molar-refractivity contribution in [1.29, 1.82) is 0 Å². The van der Waals surface area contributed by atoms with E-state index in [0.717, 1.165) is 5.56 Å². The molecule has 0 bridgehead atoms. The largest absolute Gasteiger partial charge is 0.299 e. The average Bonchev–Trinajstić information content (AvgIpc) is 2.04. The Balaban J connectivity index is 2.46. The van der Waals surface area contributed by atoms with Gasteiger partial charge in [0.15, 0.2) is 0 Å². The van der Waals surface area contributed by atoms with Crippen LogP contribution in [0.3, 0.4) is 0 Å². The van der Waals surface area contributed by atoms with E-state index in [1.165, 1.54) is 0 Å². The molecule has 0 fully saturated rings. The van der Waals surface area contributed by atoms with Crippen molar-refractivity contribution in [3.05, 3.63) is 30.1 Å². The highest BCUT2D eigenvalue weighted by molar-refractivity contribution is 7.80. The van der Waals surface area contributed by atoms with Crippen molar-refractivity contribution in [2.24, 2.45) is 0 Å². The van der Waals surface area contributed by atoms with E-state index in [1.54, 1.807) is 12.4 Å². The van der Waals surface area contributed by atoms with Gasteiger partial charge in [-0.05, 0) is 17.7 Å². The van der Waals surface area contributed by atoms with Gasteiger partial charge >= 0.3 is 0 Å². The van der Waals surface area contributed by atoms with Gasteiger partial charge in [0.25, 0.3) is 0 Å². The number of ketones is 1.